The van der Waals surface area contributed by atoms with E-state index in [0.29, 0.717) is 5.92 Å². The Morgan fingerprint density at radius 1 is 1.10 bits per heavy atom. The predicted octanol–water partition coefficient (Wildman–Crippen LogP) is 5.23. The summed E-state index contributed by atoms with van der Waals surface area (Å²) in [5.74, 6) is 0.258. The van der Waals surface area contributed by atoms with Gasteiger partial charge in [0.1, 0.15) is 5.82 Å². The highest BCUT2D eigenvalue weighted by atomic mass is 79.9. The maximum absolute atomic E-state index is 13.3. The van der Waals surface area contributed by atoms with Gasteiger partial charge in [-0.25, -0.2) is 9.37 Å². The van der Waals surface area contributed by atoms with Crippen LogP contribution in [0.5, 0.6) is 0 Å². The maximum Gasteiger partial charge on any atom is 0.123 e. The van der Waals surface area contributed by atoms with Gasteiger partial charge in [-0.15, -0.1) is 11.3 Å². The quantitative estimate of drug-likeness (QED) is 0.565. The smallest absolute Gasteiger partial charge is 0.123 e. The lowest BCUT2D eigenvalue weighted by Gasteiger charge is -2.12. The Morgan fingerprint density at radius 3 is 2.71 bits per heavy atom. The summed E-state index contributed by atoms with van der Waals surface area (Å²) in [4.78, 5) is 4.68. The molecule has 0 bridgehead atoms. The van der Waals surface area contributed by atoms with E-state index in [9.17, 15) is 4.39 Å². The third-order valence-electron chi connectivity index (χ3n) is 3.43. The molecule has 0 aliphatic carbocycles. The van der Waals surface area contributed by atoms with E-state index >= 15 is 0 Å². The lowest BCUT2D eigenvalue weighted by atomic mass is 9.98. The van der Waals surface area contributed by atoms with Crippen molar-refractivity contribution >= 4 is 37.5 Å². The number of halogens is 2. The summed E-state index contributed by atoms with van der Waals surface area (Å²) in [5.41, 5.74) is 2.11. The molecule has 0 fully saturated rings. The van der Waals surface area contributed by atoms with E-state index in [4.69, 9.17) is 0 Å². The monoisotopic (exact) mass is 363 g/mol. The van der Waals surface area contributed by atoms with E-state index < -0.39 is 0 Å². The van der Waals surface area contributed by atoms with E-state index in [1.54, 1.807) is 23.5 Å². The fraction of sp³-hybridized carbons (Fsp3) is 0.235. The van der Waals surface area contributed by atoms with E-state index in [1.807, 2.05) is 24.3 Å². The van der Waals surface area contributed by atoms with Crippen LogP contribution in [0.1, 0.15) is 10.6 Å². The van der Waals surface area contributed by atoms with E-state index in [2.05, 4.69) is 27.0 Å². The van der Waals surface area contributed by atoms with Gasteiger partial charge in [0.15, 0.2) is 0 Å². The lowest BCUT2D eigenvalue weighted by Crippen LogP contribution is -2.10. The number of aromatic nitrogens is 1. The highest BCUT2D eigenvalue weighted by Gasteiger charge is 2.13. The number of fused-ring (bicyclic) bond motifs is 1. The normalized spacial score (nSPS) is 12.7. The number of rotatable bonds is 5. The summed E-state index contributed by atoms with van der Waals surface area (Å²) < 4.78 is 14.5. The molecule has 21 heavy (non-hydrogen) atoms. The molecule has 0 radical (unpaired) electrons. The van der Waals surface area contributed by atoms with Crippen LogP contribution < -0.4 is 0 Å². The summed E-state index contributed by atoms with van der Waals surface area (Å²) in [6.45, 7) is 0. The average molecular weight is 364 g/mol. The second-order valence-corrected chi connectivity index (χ2v) is 6.90. The van der Waals surface area contributed by atoms with Crippen LogP contribution in [-0.2, 0) is 12.8 Å². The van der Waals surface area contributed by atoms with Gasteiger partial charge in [-0.2, -0.15) is 0 Å². The van der Waals surface area contributed by atoms with E-state index in [0.717, 1.165) is 34.3 Å². The zero-order valence-corrected chi connectivity index (χ0v) is 13.8. The molecule has 0 saturated carbocycles. The summed E-state index contributed by atoms with van der Waals surface area (Å²) >= 11 is 5.32. The van der Waals surface area contributed by atoms with Gasteiger partial charge in [0.05, 0.1) is 15.2 Å². The van der Waals surface area contributed by atoms with Crippen molar-refractivity contribution in [1.29, 1.82) is 0 Å². The van der Waals surface area contributed by atoms with Crippen LogP contribution in [0.15, 0.2) is 48.5 Å². The molecule has 3 aromatic rings. The van der Waals surface area contributed by atoms with Crippen molar-refractivity contribution in [1.82, 2.24) is 4.98 Å². The zero-order chi connectivity index (χ0) is 14.7. The van der Waals surface area contributed by atoms with Gasteiger partial charge >= 0.3 is 0 Å². The van der Waals surface area contributed by atoms with Crippen molar-refractivity contribution in [3.05, 3.63) is 64.9 Å². The highest BCUT2D eigenvalue weighted by molar-refractivity contribution is 9.09. The van der Waals surface area contributed by atoms with Crippen LogP contribution in [0.4, 0.5) is 4.39 Å². The van der Waals surface area contributed by atoms with Gasteiger partial charge in [0, 0.05) is 11.8 Å². The SMILES string of the molecule is Fc1cccc(CC(CBr)Cc2nc3ccccc3s2)c1. The molecule has 0 amide bonds. The fourth-order valence-electron chi connectivity index (χ4n) is 2.43. The Hall–Kier alpha value is -1.26. The van der Waals surface area contributed by atoms with Crippen LogP contribution in [-0.4, -0.2) is 10.3 Å². The average Bonchev–Trinajstić information content (AvgIpc) is 2.89. The van der Waals surface area contributed by atoms with Crippen molar-refractivity contribution in [2.75, 3.05) is 5.33 Å². The van der Waals surface area contributed by atoms with Crippen LogP contribution in [0.2, 0.25) is 0 Å². The van der Waals surface area contributed by atoms with Crippen molar-refractivity contribution in [2.45, 2.75) is 12.8 Å². The second-order valence-electron chi connectivity index (χ2n) is 5.13. The number of thiazole rings is 1. The highest BCUT2D eigenvalue weighted by Crippen LogP contribution is 2.25. The first kappa shape index (κ1) is 14.7. The molecule has 1 unspecified atom stereocenters. The number of nitrogens with zero attached hydrogens (tertiary/aromatic N) is 1. The van der Waals surface area contributed by atoms with Gasteiger partial charge in [-0.1, -0.05) is 40.2 Å². The lowest BCUT2D eigenvalue weighted by molar-refractivity contribution is 0.581. The van der Waals surface area contributed by atoms with Crippen LogP contribution in [0, 0.1) is 11.7 Å². The molecule has 1 aromatic heterocycles. The topological polar surface area (TPSA) is 12.9 Å². The Labute approximate surface area is 136 Å². The van der Waals surface area contributed by atoms with Crippen molar-refractivity contribution in [3.63, 3.8) is 0 Å². The summed E-state index contributed by atoms with van der Waals surface area (Å²) in [5, 5.41) is 2.04. The van der Waals surface area contributed by atoms with Gasteiger partial charge in [0.2, 0.25) is 0 Å². The molecule has 0 aliphatic rings. The minimum atomic E-state index is -0.166. The zero-order valence-electron chi connectivity index (χ0n) is 11.4. The number of hydrogen-bond donors (Lipinski definition) is 0. The van der Waals surface area contributed by atoms with Crippen LogP contribution in [0.25, 0.3) is 10.2 Å². The third-order valence-corrected chi connectivity index (χ3v) is 5.41. The Kier molecular flexibility index (Phi) is 4.66. The number of para-hydroxylation sites is 1. The van der Waals surface area contributed by atoms with Gasteiger partial charge in [-0.05, 0) is 42.2 Å². The van der Waals surface area contributed by atoms with E-state index in [1.165, 1.54) is 10.8 Å². The first-order valence-electron chi connectivity index (χ1n) is 6.89. The van der Waals surface area contributed by atoms with Gasteiger partial charge in [-0.3, -0.25) is 0 Å². The summed E-state index contributed by atoms with van der Waals surface area (Å²) in [6, 6.07) is 15.1. The Balaban J connectivity index is 1.74. The standard InChI is InChI=1S/C17H15BrFNS/c18-11-13(8-12-4-3-5-14(19)9-12)10-17-20-15-6-1-2-7-16(15)21-17/h1-7,9,13H,8,10-11H2. The first-order chi connectivity index (χ1) is 10.2. The fourth-order valence-corrected chi connectivity index (χ4v) is 3.97. The molecule has 108 valence electrons. The summed E-state index contributed by atoms with van der Waals surface area (Å²) in [7, 11) is 0. The number of alkyl halides is 1. The molecule has 3 rings (SSSR count). The first-order valence-corrected chi connectivity index (χ1v) is 8.83. The number of benzene rings is 2. The predicted molar refractivity (Wildman–Crippen MR) is 90.7 cm³/mol. The molecule has 0 N–H and O–H groups in total. The van der Waals surface area contributed by atoms with Crippen molar-refractivity contribution in [2.24, 2.45) is 5.92 Å². The van der Waals surface area contributed by atoms with Crippen LogP contribution in [0.3, 0.4) is 0 Å². The Bertz CT molecular complexity index is 707. The third kappa shape index (κ3) is 3.69. The summed E-state index contributed by atoms with van der Waals surface area (Å²) in [6.07, 6.45) is 1.78. The largest absolute Gasteiger partial charge is 0.241 e. The maximum atomic E-state index is 13.3. The molecule has 1 nitrogen and oxygen atoms in total. The molecule has 1 heterocycles. The van der Waals surface area contributed by atoms with E-state index in [-0.39, 0.29) is 5.82 Å². The van der Waals surface area contributed by atoms with Crippen molar-refractivity contribution < 1.29 is 4.39 Å². The Morgan fingerprint density at radius 2 is 1.95 bits per heavy atom. The molecular formula is C17H15BrFNS. The minimum absolute atomic E-state index is 0.166. The molecule has 1 atom stereocenters. The second kappa shape index (κ2) is 6.67. The number of hydrogen-bond acceptors (Lipinski definition) is 2. The molecule has 2 aromatic carbocycles. The van der Waals surface area contributed by atoms with Gasteiger partial charge in [0.25, 0.3) is 0 Å². The molecule has 0 saturated heterocycles. The molecule has 0 spiro atoms. The molecular weight excluding hydrogens is 349 g/mol. The van der Waals surface area contributed by atoms with Crippen molar-refractivity contribution in [3.8, 4) is 0 Å². The van der Waals surface area contributed by atoms with Crippen LogP contribution >= 0.6 is 27.3 Å². The van der Waals surface area contributed by atoms with Gasteiger partial charge < -0.3 is 0 Å². The molecule has 4 heteroatoms. The minimum Gasteiger partial charge on any atom is -0.241 e. The molecule has 0 aliphatic heterocycles.